The van der Waals surface area contributed by atoms with Crippen molar-refractivity contribution in [3.05, 3.63) is 69.7 Å². The summed E-state index contributed by atoms with van der Waals surface area (Å²) < 4.78 is 11.1. The first-order valence-electron chi connectivity index (χ1n) is 9.76. The van der Waals surface area contributed by atoms with Gasteiger partial charge in [0, 0.05) is 10.0 Å². The van der Waals surface area contributed by atoms with E-state index in [1.165, 1.54) is 0 Å². The molecule has 2 N–H and O–H groups in total. The van der Waals surface area contributed by atoms with Crippen LogP contribution in [0.25, 0.3) is 0 Å². The Morgan fingerprint density at radius 2 is 1.70 bits per heavy atom. The summed E-state index contributed by atoms with van der Waals surface area (Å²) >= 11 is 12.1. The largest absolute Gasteiger partial charge is 0.448 e. The monoisotopic (exact) mass is 450 g/mol. The van der Waals surface area contributed by atoms with E-state index < -0.39 is 18.2 Å². The molecule has 2 aromatic carbocycles. The predicted molar refractivity (Wildman–Crippen MR) is 115 cm³/mol. The van der Waals surface area contributed by atoms with Crippen molar-refractivity contribution < 1.29 is 19.1 Å². The molecular formula is C22H24Cl2N2O4. The number of halogens is 2. The van der Waals surface area contributed by atoms with E-state index in [2.05, 4.69) is 0 Å². The van der Waals surface area contributed by atoms with Crippen LogP contribution in [-0.2, 0) is 14.3 Å². The summed E-state index contributed by atoms with van der Waals surface area (Å²) in [7, 11) is 0. The summed E-state index contributed by atoms with van der Waals surface area (Å²) in [5.74, 6) is -0.174. The van der Waals surface area contributed by atoms with Crippen LogP contribution in [0.2, 0.25) is 10.0 Å². The molecule has 1 aliphatic rings. The molecule has 0 unspecified atom stereocenters. The van der Waals surface area contributed by atoms with E-state index >= 15 is 0 Å². The topological polar surface area (TPSA) is 81.9 Å². The van der Waals surface area contributed by atoms with Crippen LogP contribution in [0.4, 0.5) is 4.79 Å². The van der Waals surface area contributed by atoms with Crippen LogP contribution in [0.3, 0.4) is 0 Å². The SMILES string of the molecule is CCC[C@@H](COC(N)=O)N1C(=O)CO[C@@H](c2ccc(Cl)cc2)[C@H]1c1ccc(Cl)cc1. The van der Waals surface area contributed by atoms with Crippen molar-refractivity contribution in [1.82, 2.24) is 4.90 Å². The average molecular weight is 451 g/mol. The van der Waals surface area contributed by atoms with Gasteiger partial charge in [-0.2, -0.15) is 0 Å². The number of carbonyl (C=O) groups excluding carboxylic acids is 2. The zero-order valence-electron chi connectivity index (χ0n) is 16.6. The van der Waals surface area contributed by atoms with Gasteiger partial charge < -0.3 is 20.1 Å². The maximum atomic E-state index is 13.0. The van der Waals surface area contributed by atoms with Crippen LogP contribution in [-0.4, -0.2) is 36.2 Å². The summed E-state index contributed by atoms with van der Waals surface area (Å²) in [6, 6.07) is 13.9. The van der Waals surface area contributed by atoms with Gasteiger partial charge in [-0.1, -0.05) is 60.8 Å². The summed E-state index contributed by atoms with van der Waals surface area (Å²) in [5.41, 5.74) is 6.94. The van der Waals surface area contributed by atoms with Crippen molar-refractivity contribution in [2.24, 2.45) is 5.73 Å². The Bertz CT molecular complexity index is 874. The van der Waals surface area contributed by atoms with Gasteiger partial charge in [0.25, 0.3) is 0 Å². The predicted octanol–water partition coefficient (Wildman–Crippen LogP) is 4.90. The second-order valence-electron chi connectivity index (χ2n) is 7.15. The lowest BCUT2D eigenvalue weighted by Crippen LogP contribution is -2.52. The smallest absolute Gasteiger partial charge is 0.404 e. The van der Waals surface area contributed by atoms with Gasteiger partial charge in [-0.05, 0) is 41.8 Å². The Hall–Kier alpha value is -2.28. The fraction of sp³-hybridized carbons (Fsp3) is 0.364. The molecule has 2 amide bonds. The van der Waals surface area contributed by atoms with E-state index in [9.17, 15) is 9.59 Å². The molecule has 160 valence electrons. The molecule has 0 saturated carbocycles. The number of benzene rings is 2. The van der Waals surface area contributed by atoms with E-state index in [1.54, 1.807) is 29.2 Å². The summed E-state index contributed by atoms with van der Waals surface area (Å²) in [6.45, 7) is 1.96. The van der Waals surface area contributed by atoms with Crippen LogP contribution in [0.5, 0.6) is 0 Å². The molecule has 0 radical (unpaired) electrons. The van der Waals surface area contributed by atoms with E-state index in [0.717, 1.165) is 17.5 Å². The highest BCUT2D eigenvalue weighted by Crippen LogP contribution is 2.42. The van der Waals surface area contributed by atoms with Gasteiger partial charge in [0.1, 0.15) is 19.3 Å². The summed E-state index contributed by atoms with van der Waals surface area (Å²) in [4.78, 5) is 26.0. The van der Waals surface area contributed by atoms with E-state index in [1.807, 2.05) is 31.2 Å². The molecule has 0 aliphatic carbocycles. The zero-order chi connectivity index (χ0) is 21.7. The first-order chi connectivity index (χ1) is 14.4. The lowest BCUT2D eigenvalue weighted by atomic mass is 9.91. The highest BCUT2D eigenvalue weighted by molar-refractivity contribution is 6.30. The molecule has 0 aromatic heterocycles. The fourth-order valence-electron chi connectivity index (χ4n) is 3.80. The van der Waals surface area contributed by atoms with Crippen LogP contribution < -0.4 is 5.73 Å². The Morgan fingerprint density at radius 1 is 1.13 bits per heavy atom. The first kappa shape index (κ1) is 22.4. The van der Waals surface area contributed by atoms with E-state index in [0.29, 0.717) is 16.5 Å². The van der Waals surface area contributed by atoms with Gasteiger partial charge in [0.05, 0.1) is 12.1 Å². The Balaban J connectivity index is 2.05. The molecule has 2 aromatic rings. The van der Waals surface area contributed by atoms with Crippen LogP contribution >= 0.6 is 23.2 Å². The van der Waals surface area contributed by atoms with Crippen molar-refractivity contribution in [3.63, 3.8) is 0 Å². The highest BCUT2D eigenvalue weighted by Gasteiger charge is 2.42. The van der Waals surface area contributed by atoms with Crippen LogP contribution in [0.15, 0.2) is 48.5 Å². The molecular weight excluding hydrogens is 427 g/mol. The number of primary amides is 1. The minimum absolute atomic E-state index is 0.0202. The van der Waals surface area contributed by atoms with Crippen LogP contribution in [0, 0.1) is 0 Å². The first-order valence-corrected chi connectivity index (χ1v) is 10.5. The molecule has 6 nitrogen and oxygen atoms in total. The minimum atomic E-state index is -0.867. The number of nitrogens with two attached hydrogens (primary N) is 1. The van der Waals surface area contributed by atoms with E-state index in [-0.39, 0.29) is 25.2 Å². The van der Waals surface area contributed by atoms with Crippen molar-refractivity contribution in [3.8, 4) is 0 Å². The zero-order valence-corrected chi connectivity index (χ0v) is 18.1. The van der Waals surface area contributed by atoms with Crippen molar-refractivity contribution in [2.45, 2.75) is 38.0 Å². The third-order valence-electron chi connectivity index (χ3n) is 5.10. The van der Waals surface area contributed by atoms with E-state index in [4.69, 9.17) is 38.4 Å². The van der Waals surface area contributed by atoms with Crippen LogP contribution in [0.1, 0.15) is 43.0 Å². The minimum Gasteiger partial charge on any atom is -0.448 e. The molecule has 1 heterocycles. The third kappa shape index (κ3) is 5.25. The lowest BCUT2D eigenvalue weighted by molar-refractivity contribution is -0.165. The van der Waals surface area contributed by atoms with Crippen molar-refractivity contribution in [1.29, 1.82) is 0 Å². The molecule has 1 aliphatic heterocycles. The van der Waals surface area contributed by atoms with Gasteiger partial charge in [-0.15, -0.1) is 0 Å². The maximum Gasteiger partial charge on any atom is 0.404 e. The lowest BCUT2D eigenvalue weighted by Gasteiger charge is -2.45. The Labute approximate surface area is 185 Å². The van der Waals surface area contributed by atoms with Gasteiger partial charge in [-0.25, -0.2) is 4.79 Å². The number of rotatable bonds is 7. The molecule has 1 fully saturated rings. The Morgan fingerprint density at radius 3 is 2.23 bits per heavy atom. The van der Waals surface area contributed by atoms with Crippen molar-refractivity contribution >= 4 is 35.2 Å². The molecule has 3 atom stereocenters. The fourth-order valence-corrected chi connectivity index (χ4v) is 4.05. The molecule has 8 heteroatoms. The second-order valence-corrected chi connectivity index (χ2v) is 8.03. The molecule has 3 rings (SSSR count). The number of morpholine rings is 1. The summed E-state index contributed by atoms with van der Waals surface area (Å²) in [6.07, 6.45) is 0.162. The van der Waals surface area contributed by atoms with Gasteiger partial charge >= 0.3 is 6.09 Å². The van der Waals surface area contributed by atoms with Gasteiger partial charge in [0.2, 0.25) is 5.91 Å². The number of hydrogen-bond acceptors (Lipinski definition) is 4. The highest BCUT2D eigenvalue weighted by atomic mass is 35.5. The van der Waals surface area contributed by atoms with Crippen molar-refractivity contribution in [2.75, 3.05) is 13.2 Å². The maximum absolute atomic E-state index is 13.0. The summed E-state index contributed by atoms with van der Waals surface area (Å²) in [5, 5.41) is 1.21. The second kappa shape index (κ2) is 10.2. The number of amides is 2. The van der Waals surface area contributed by atoms with Gasteiger partial charge in [-0.3, -0.25) is 4.79 Å². The normalized spacial score (nSPS) is 20.1. The molecule has 0 spiro atoms. The molecule has 30 heavy (non-hydrogen) atoms. The Kier molecular flexibility index (Phi) is 7.58. The standard InChI is InChI=1S/C22H24Cl2N2O4/c1-2-3-18(12-30-22(25)28)26-19(27)13-29-21(15-6-10-17(24)11-7-15)20(26)14-4-8-16(23)9-5-14/h4-11,18,20-21H,2-3,12-13H2,1H3,(H2,25,28)/t18-,20+,21-/m0/s1. The number of carbonyl (C=O) groups is 2. The number of hydrogen-bond donors (Lipinski definition) is 1. The molecule has 1 saturated heterocycles. The average Bonchev–Trinajstić information content (AvgIpc) is 2.72. The van der Waals surface area contributed by atoms with Gasteiger partial charge in [0.15, 0.2) is 0 Å². The number of ether oxygens (including phenoxy) is 2. The molecule has 0 bridgehead atoms. The quantitative estimate of drug-likeness (QED) is 0.650. The number of nitrogens with zero attached hydrogens (tertiary/aromatic N) is 1. The third-order valence-corrected chi connectivity index (χ3v) is 5.61.